The Kier molecular flexibility index (Phi) is 5.20. The van der Waals surface area contributed by atoms with E-state index in [1.54, 1.807) is 0 Å². The second-order valence-electron chi connectivity index (χ2n) is 7.58. The lowest BCUT2D eigenvalue weighted by molar-refractivity contribution is 0.202. The zero-order valence-corrected chi connectivity index (χ0v) is 16.3. The lowest BCUT2D eigenvalue weighted by atomic mass is 9.96. The number of hydrogen-bond acceptors (Lipinski definition) is 5. The monoisotopic (exact) mass is 359 g/mol. The Morgan fingerprint density at radius 1 is 1.00 bits per heavy atom. The van der Waals surface area contributed by atoms with Gasteiger partial charge in [-0.25, -0.2) is 0 Å². The Bertz CT molecular complexity index is 692. The molecule has 2 aliphatic heterocycles. The van der Waals surface area contributed by atoms with E-state index in [0.717, 1.165) is 32.0 Å². The maximum absolute atomic E-state index is 4.56. The van der Waals surface area contributed by atoms with Crippen LogP contribution in [0.15, 0.2) is 12.1 Å². The van der Waals surface area contributed by atoms with Gasteiger partial charge in [0, 0.05) is 29.3 Å². The van der Waals surface area contributed by atoms with E-state index in [4.69, 9.17) is 0 Å². The quantitative estimate of drug-likeness (QED) is 0.822. The molecule has 0 atom stereocenters. The number of thiophene rings is 1. The highest BCUT2D eigenvalue weighted by Gasteiger charge is 2.26. The average Bonchev–Trinajstić information content (AvgIpc) is 3.33. The summed E-state index contributed by atoms with van der Waals surface area (Å²) in [7, 11) is 2.15. The number of aryl methyl sites for hydroxylation is 1. The number of piperidine rings is 1. The van der Waals surface area contributed by atoms with Gasteiger partial charge < -0.3 is 4.57 Å². The van der Waals surface area contributed by atoms with Crippen LogP contribution in [0.2, 0.25) is 0 Å². The van der Waals surface area contributed by atoms with Crippen molar-refractivity contribution < 1.29 is 0 Å². The van der Waals surface area contributed by atoms with Gasteiger partial charge in [0.2, 0.25) is 0 Å². The Morgan fingerprint density at radius 3 is 2.40 bits per heavy atom. The third-order valence-electron chi connectivity index (χ3n) is 5.69. The van der Waals surface area contributed by atoms with Gasteiger partial charge in [0.05, 0.1) is 6.54 Å². The van der Waals surface area contributed by atoms with Crippen LogP contribution in [-0.4, -0.2) is 50.7 Å². The van der Waals surface area contributed by atoms with E-state index < -0.39 is 0 Å². The number of likely N-dealkylation sites (tertiary alicyclic amines) is 2. The molecule has 25 heavy (non-hydrogen) atoms. The molecule has 0 aromatic carbocycles. The van der Waals surface area contributed by atoms with Gasteiger partial charge in [-0.2, -0.15) is 0 Å². The summed E-state index contributed by atoms with van der Waals surface area (Å²) in [6.45, 7) is 9.00. The van der Waals surface area contributed by atoms with Crippen molar-refractivity contribution in [3.05, 3.63) is 33.5 Å². The van der Waals surface area contributed by atoms with Crippen molar-refractivity contribution in [3.8, 4) is 0 Å². The molecular weight excluding hydrogens is 330 g/mol. The predicted octanol–water partition coefficient (Wildman–Crippen LogP) is 3.16. The minimum atomic E-state index is 0.561. The standard InChI is InChI=1S/C19H29N5S/c1-15-5-6-17(25-15)13-24-11-7-16(8-12-24)19-21-20-18(22(19)2)14-23-9-3-4-10-23/h5-6,16H,3-4,7-14H2,1-2H3. The molecule has 4 heterocycles. The molecule has 6 heteroatoms. The highest BCUT2D eigenvalue weighted by atomic mass is 32.1. The largest absolute Gasteiger partial charge is 0.317 e. The average molecular weight is 360 g/mol. The molecule has 0 unspecified atom stereocenters. The van der Waals surface area contributed by atoms with Crippen LogP contribution >= 0.6 is 11.3 Å². The van der Waals surface area contributed by atoms with Crippen LogP contribution in [0.1, 0.15) is 53.0 Å². The molecule has 2 fully saturated rings. The molecule has 0 N–H and O–H groups in total. The molecule has 0 saturated carbocycles. The first-order valence-electron chi connectivity index (χ1n) is 9.57. The van der Waals surface area contributed by atoms with Crippen molar-refractivity contribution in [1.82, 2.24) is 24.6 Å². The Hall–Kier alpha value is -1.24. The van der Waals surface area contributed by atoms with Crippen LogP contribution in [0.5, 0.6) is 0 Å². The summed E-state index contributed by atoms with van der Waals surface area (Å²) in [5.41, 5.74) is 0. The van der Waals surface area contributed by atoms with E-state index in [2.05, 4.69) is 50.7 Å². The molecular formula is C19H29N5S. The molecule has 0 bridgehead atoms. The summed E-state index contributed by atoms with van der Waals surface area (Å²) in [6, 6.07) is 4.51. The minimum Gasteiger partial charge on any atom is -0.317 e. The van der Waals surface area contributed by atoms with Crippen molar-refractivity contribution in [2.75, 3.05) is 26.2 Å². The van der Waals surface area contributed by atoms with Crippen LogP contribution in [0.3, 0.4) is 0 Å². The first-order valence-corrected chi connectivity index (χ1v) is 10.4. The third-order valence-corrected chi connectivity index (χ3v) is 6.68. The predicted molar refractivity (Wildman–Crippen MR) is 102 cm³/mol. The highest BCUT2D eigenvalue weighted by molar-refractivity contribution is 7.11. The van der Waals surface area contributed by atoms with Gasteiger partial charge in [-0.1, -0.05) is 0 Å². The Morgan fingerprint density at radius 2 is 1.72 bits per heavy atom. The van der Waals surface area contributed by atoms with Crippen LogP contribution in [0.4, 0.5) is 0 Å². The SMILES string of the molecule is Cc1ccc(CN2CCC(c3nnc(CN4CCCC4)n3C)CC2)s1. The molecule has 5 nitrogen and oxygen atoms in total. The molecule has 0 aliphatic carbocycles. The zero-order chi connectivity index (χ0) is 17.2. The fourth-order valence-electron chi connectivity index (χ4n) is 4.15. The first-order chi connectivity index (χ1) is 12.2. The third kappa shape index (κ3) is 3.96. The van der Waals surface area contributed by atoms with E-state index in [-0.39, 0.29) is 0 Å². The Labute approximate surface area is 154 Å². The number of hydrogen-bond donors (Lipinski definition) is 0. The topological polar surface area (TPSA) is 37.2 Å². The van der Waals surface area contributed by atoms with Crippen LogP contribution in [0.25, 0.3) is 0 Å². The van der Waals surface area contributed by atoms with E-state index in [9.17, 15) is 0 Å². The molecule has 0 amide bonds. The van der Waals surface area contributed by atoms with Gasteiger partial charge in [0.1, 0.15) is 11.6 Å². The van der Waals surface area contributed by atoms with Crippen molar-refractivity contribution in [3.63, 3.8) is 0 Å². The lowest BCUT2D eigenvalue weighted by Gasteiger charge is -2.31. The summed E-state index contributed by atoms with van der Waals surface area (Å²) < 4.78 is 2.27. The van der Waals surface area contributed by atoms with Crippen molar-refractivity contribution in [1.29, 1.82) is 0 Å². The lowest BCUT2D eigenvalue weighted by Crippen LogP contribution is -2.33. The second-order valence-corrected chi connectivity index (χ2v) is 8.95. The Balaban J connectivity index is 1.33. The van der Waals surface area contributed by atoms with Crippen molar-refractivity contribution >= 4 is 11.3 Å². The summed E-state index contributed by atoms with van der Waals surface area (Å²) >= 11 is 1.93. The second kappa shape index (κ2) is 7.56. The van der Waals surface area contributed by atoms with Gasteiger partial charge in [-0.05, 0) is 70.9 Å². The zero-order valence-electron chi connectivity index (χ0n) is 15.4. The molecule has 136 valence electrons. The summed E-state index contributed by atoms with van der Waals surface area (Å²) in [6.07, 6.45) is 5.04. The maximum Gasteiger partial charge on any atom is 0.146 e. The summed E-state index contributed by atoms with van der Waals surface area (Å²) in [4.78, 5) is 7.99. The normalized spacial score (nSPS) is 20.6. The van der Waals surface area contributed by atoms with Gasteiger partial charge in [-0.3, -0.25) is 9.80 Å². The molecule has 2 aromatic rings. The minimum absolute atomic E-state index is 0.561. The summed E-state index contributed by atoms with van der Waals surface area (Å²) in [5, 5.41) is 9.07. The van der Waals surface area contributed by atoms with Gasteiger partial charge in [0.15, 0.2) is 0 Å². The van der Waals surface area contributed by atoms with Crippen molar-refractivity contribution in [2.24, 2.45) is 7.05 Å². The smallest absolute Gasteiger partial charge is 0.146 e. The number of nitrogens with zero attached hydrogens (tertiary/aromatic N) is 5. The van der Waals surface area contributed by atoms with E-state index in [1.807, 2.05) is 11.3 Å². The molecule has 2 aliphatic rings. The van der Waals surface area contributed by atoms with Crippen LogP contribution in [0, 0.1) is 6.92 Å². The number of aromatic nitrogens is 3. The van der Waals surface area contributed by atoms with Crippen LogP contribution in [-0.2, 0) is 20.1 Å². The van der Waals surface area contributed by atoms with Crippen LogP contribution < -0.4 is 0 Å². The molecule has 2 saturated heterocycles. The molecule has 0 spiro atoms. The molecule has 0 radical (unpaired) electrons. The molecule has 2 aromatic heterocycles. The summed E-state index contributed by atoms with van der Waals surface area (Å²) in [5.74, 6) is 2.89. The van der Waals surface area contributed by atoms with E-state index in [1.165, 1.54) is 54.4 Å². The number of rotatable bonds is 5. The van der Waals surface area contributed by atoms with Gasteiger partial charge in [-0.15, -0.1) is 21.5 Å². The maximum atomic E-state index is 4.56. The van der Waals surface area contributed by atoms with Gasteiger partial charge in [0.25, 0.3) is 0 Å². The van der Waals surface area contributed by atoms with Gasteiger partial charge >= 0.3 is 0 Å². The van der Waals surface area contributed by atoms with Crippen molar-refractivity contribution in [2.45, 2.75) is 51.6 Å². The van der Waals surface area contributed by atoms with E-state index >= 15 is 0 Å². The first kappa shape index (κ1) is 17.2. The highest BCUT2D eigenvalue weighted by Crippen LogP contribution is 2.28. The van der Waals surface area contributed by atoms with E-state index in [0.29, 0.717) is 5.92 Å². The molecule has 4 rings (SSSR count). The fourth-order valence-corrected chi connectivity index (χ4v) is 5.08. The fraction of sp³-hybridized carbons (Fsp3) is 0.684.